The molecule has 0 aliphatic carbocycles. The number of para-hydroxylation sites is 1. The molecule has 0 saturated carbocycles. The van der Waals surface area contributed by atoms with Gasteiger partial charge in [-0.25, -0.2) is 4.79 Å². The third-order valence-electron chi connectivity index (χ3n) is 13.2. The number of nitrogens with one attached hydrogen (secondary N) is 8. The maximum absolute atomic E-state index is 15.1. The van der Waals surface area contributed by atoms with Crippen LogP contribution in [0.1, 0.15) is 81.2 Å². The number of aliphatic carboxylic acids is 1. The second kappa shape index (κ2) is 19.1. The van der Waals surface area contributed by atoms with E-state index < -0.39 is 126 Å². The van der Waals surface area contributed by atoms with Crippen LogP contribution in [0.5, 0.6) is 11.5 Å². The Balaban J connectivity index is 1.39. The number of ether oxygens (including phenoxy) is 2. The van der Waals surface area contributed by atoms with E-state index in [1.54, 1.807) is 37.3 Å². The number of likely N-dealkylation sites (N-methyl/N-ethyl adjacent to an activating group) is 1. The monoisotopic (exact) mass is 935 g/mol. The first-order chi connectivity index (χ1) is 31.8. The van der Waals surface area contributed by atoms with Crippen molar-refractivity contribution in [3.05, 3.63) is 52.6 Å². The summed E-state index contributed by atoms with van der Waals surface area (Å²) in [6.45, 7) is 2.38. The highest BCUT2D eigenvalue weighted by Gasteiger charge is 2.59. The number of aldehydes is 1. The Labute approximate surface area is 383 Å². The van der Waals surface area contributed by atoms with E-state index in [1.165, 1.54) is 14.0 Å². The van der Waals surface area contributed by atoms with Gasteiger partial charge in [-0.1, -0.05) is 30.5 Å². The highest BCUT2D eigenvalue weighted by atomic mass is 19.2. The van der Waals surface area contributed by atoms with Gasteiger partial charge in [-0.05, 0) is 86.9 Å². The molecule has 7 amide bonds. The number of carbonyl (C=O) groups is 9. The number of benzene rings is 2. The van der Waals surface area contributed by atoms with Crippen LogP contribution in [0.4, 0.5) is 10.2 Å². The largest absolute Gasteiger partial charge is 0.483 e. The molecule has 23 heteroatoms. The second-order valence-electron chi connectivity index (χ2n) is 17.7. The smallest absolute Gasteiger partial charge is 0.330 e. The quantitative estimate of drug-likeness (QED) is 0.104. The molecule has 5 aliphatic rings. The van der Waals surface area contributed by atoms with Crippen LogP contribution in [0.2, 0.25) is 0 Å². The minimum Gasteiger partial charge on any atom is -0.483 e. The van der Waals surface area contributed by atoms with E-state index in [1.807, 2.05) is 6.92 Å². The van der Waals surface area contributed by atoms with Crippen LogP contribution in [-0.2, 0) is 55.0 Å². The van der Waals surface area contributed by atoms with Gasteiger partial charge >= 0.3 is 5.97 Å². The summed E-state index contributed by atoms with van der Waals surface area (Å²) < 4.78 is 28.5. The third-order valence-corrected chi connectivity index (χ3v) is 13.2. The van der Waals surface area contributed by atoms with E-state index in [4.69, 9.17) is 9.47 Å². The SMILES string of the molecule is CCC1(C)Oc2cccc3c2NC2Oc4c5cc(cc4[C@]32CC(NC)C(=O)NCC(=O)N(F)CC(=O)NC1C(=O)O)C(O)C(C(=O)NCC=O)NC(=O)C(NC(=O)C1CCC(=O)N1)CC(C)C5. The Kier molecular flexibility index (Phi) is 13.7. The number of hydrogen-bond acceptors (Lipinski definition) is 14. The van der Waals surface area contributed by atoms with E-state index in [9.17, 15) is 53.4 Å². The molecular formula is C44H54FN9O13. The summed E-state index contributed by atoms with van der Waals surface area (Å²) in [6, 6.07) is 1.36. The molecule has 5 heterocycles. The molecule has 0 radical (unpaired) electrons. The van der Waals surface area contributed by atoms with E-state index in [2.05, 4.69) is 42.5 Å². The van der Waals surface area contributed by atoms with Crippen LogP contribution >= 0.6 is 0 Å². The van der Waals surface area contributed by atoms with Crippen molar-refractivity contribution in [3.8, 4) is 11.5 Å². The van der Waals surface area contributed by atoms with Crippen molar-refractivity contribution in [2.45, 2.75) is 113 Å². The molecule has 1 saturated heterocycles. The first-order valence-corrected chi connectivity index (χ1v) is 22.0. The van der Waals surface area contributed by atoms with Crippen molar-refractivity contribution in [1.82, 2.24) is 42.3 Å². The maximum atomic E-state index is 15.1. The zero-order valence-electron chi connectivity index (χ0n) is 37.2. The lowest BCUT2D eigenvalue weighted by Gasteiger charge is -2.36. The van der Waals surface area contributed by atoms with Gasteiger partial charge in [0.25, 0.3) is 5.91 Å². The van der Waals surface area contributed by atoms with Crippen LogP contribution in [0.15, 0.2) is 30.3 Å². The number of amides is 7. The Morgan fingerprint density at radius 3 is 2.43 bits per heavy atom. The fraction of sp³-hybridized carbons (Fsp3) is 0.523. The van der Waals surface area contributed by atoms with Crippen molar-refractivity contribution >= 4 is 59.3 Å². The molecule has 7 rings (SSSR count). The molecule has 2 aromatic carbocycles. The van der Waals surface area contributed by atoms with E-state index in [-0.39, 0.29) is 55.7 Å². The average Bonchev–Trinajstić information content (AvgIpc) is 3.96. The van der Waals surface area contributed by atoms with Gasteiger partial charge in [0.05, 0.1) is 30.2 Å². The number of halogens is 1. The van der Waals surface area contributed by atoms with Crippen LogP contribution in [0.3, 0.4) is 0 Å². The Morgan fingerprint density at radius 1 is 1.00 bits per heavy atom. The van der Waals surface area contributed by atoms with E-state index >= 15 is 4.48 Å². The number of anilines is 1. The molecular weight excluding hydrogens is 882 g/mol. The Hall–Kier alpha value is -6.88. The lowest BCUT2D eigenvalue weighted by Crippen LogP contribution is -2.59. The summed E-state index contributed by atoms with van der Waals surface area (Å²) in [5.74, 6) is -7.36. The van der Waals surface area contributed by atoms with Crippen molar-refractivity contribution in [2.75, 3.05) is 32.0 Å². The highest BCUT2D eigenvalue weighted by Crippen LogP contribution is 2.59. The molecule has 1 spiro atoms. The van der Waals surface area contributed by atoms with Crippen molar-refractivity contribution in [3.63, 3.8) is 0 Å². The summed E-state index contributed by atoms with van der Waals surface area (Å²) in [5, 5.41) is 43.5. The number of rotatable bonds is 8. The topological polar surface area (TPSA) is 312 Å². The van der Waals surface area contributed by atoms with Gasteiger partial charge in [-0.3, -0.25) is 33.6 Å². The van der Waals surface area contributed by atoms with Crippen LogP contribution in [0.25, 0.3) is 0 Å². The molecule has 5 aliphatic heterocycles. The van der Waals surface area contributed by atoms with Gasteiger partial charge in [0.2, 0.25) is 35.4 Å². The number of carboxylic acid groups (broad SMARTS) is 1. The van der Waals surface area contributed by atoms with Crippen LogP contribution in [-0.4, -0.2) is 138 Å². The fourth-order valence-electron chi connectivity index (χ4n) is 9.56. The highest BCUT2D eigenvalue weighted by molar-refractivity contribution is 5.96. The lowest BCUT2D eigenvalue weighted by atomic mass is 9.70. The molecule has 10 atom stereocenters. The minimum atomic E-state index is -1.81. The van der Waals surface area contributed by atoms with Gasteiger partial charge in [0, 0.05) is 12.0 Å². The zero-order chi connectivity index (χ0) is 48.5. The molecule has 360 valence electrons. The van der Waals surface area contributed by atoms with Gasteiger partial charge < -0.3 is 67.0 Å². The summed E-state index contributed by atoms with van der Waals surface area (Å²) in [6.07, 6.45) is -2.07. The van der Waals surface area contributed by atoms with E-state index in [0.717, 1.165) is 0 Å². The lowest BCUT2D eigenvalue weighted by molar-refractivity contribution is -0.153. The van der Waals surface area contributed by atoms with Crippen LogP contribution < -0.4 is 52.0 Å². The number of nitrogens with zero attached hydrogens (tertiary/aromatic N) is 1. The molecule has 67 heavy (non-hydrogen) atoms. The second-order valence-corrected chi connectivity index (χ2v) is 17.7. The fourth-order valence-corrected chi connectivity index (χ4v) is 9.56. The predicted molar refractivity (Wildman–Crippen MR) is 230 cm³/mol. The molecule has 0 aromatic heterocycles. The molecule has 9 unspecified atom stereocenters. The molecule has 1 fully saturated rings. The molecule has 22 nitrogen and oxygen atoms in total. The summed E-state index contributed by atoms with van der Waals surface area (Å²) in [7, 11) is 1.49. The summed E-state index contributed by atoms with van der Waals surface area (Å²) >= 11 is 0. The molecule has 10 N–H and O–H groups in total. The number of hydrogen-bond donors (Lipinski definition) is 10. The molecule has 2 aromatic rings. The van der Waals surface area contributed by atoms with Gasteiger partial charge in [-0.15, -0.1) is 0 Å². The summed E-state index contributed by atoms with van der Waals surface area (Å²) in [5.41, 5.74) is -1.26. The number of fused-ring (bicyclic) bond motifs is 4. The van der Waals surface area contributed by atoms with E-state index in [0.29, 0.717) is 34.4 Å². The van der Waals surface area contributed by atoms with Gasteiger partial charge in [-0.2, -0.15) is 5.12 Å². The van der Waals surface area contributed by atoms with Crippen molar-refractivity contribution < 1.29 is 67.3 Å². The number of carbonyl (C=O) groups excluding carboxylic acids is 8. The van der Waals surface area contributed by atoms with Crippen molar-refractivity contribution in [2.24, 2.45) is 5.92 Å². The predicted octanol–water partition coefficient (Wildman–Crippen LogP) is -1.77. The minimum absolute atomic E-state index is 0.00292. The Morgan fingerprint density at radius 2 is 1.76 bits per heavy atom. The molecule has 6 bridgehead atoms. The number of aliphatic hydroxyl groups is 1. The third kappa shape index (κ3) is 9.29. The standard InChI is InChI=1S/C44H54FN9O13/c1-5-43(3)36(41(64)65)51-30(57)19-54(45)31(58)18-48-37(60)27(46-4)17-44-23-7-6-8-28(67-43)32(23)53-42(44)66-35-22-13-20(2)14-26(50-38(61)25-9-10-29(56)49-25)39(62)52-33(40(63)47-11-12-55)34(59)21(15-22)16-24(35)44/h6-8,12,15-16,20,25-27,33-34,36,42,46,53,59H,5,9-11,13-14,17-19H2,1-4H3,(H,47,63)(H,48,60)(H,49,56)(H,50,61)(H,51,57)(H,52,62)(H,64,65)/t20?,25?,26?,27?,33?,34?,36?,42?,43?,44-/m0/s1. The van der Waals surface area contributed by atoms with Gasteiger partial charge in [0.15, 0.2) is 12.3 Å². The summed E-state index contributed by atoms with van der Waals surface area (Å²) in [4.78, 5) is 117. The first-order valence-electron chi connectivity index (χ1n) is 22.0. The normalized spacial score (nSPS) is 30.8. The Bertz CT molecular complexity index is 2390. The average molecular weight is 936 g/mol. The zero-order valence-corrected chi connectivity index (χ0v) is 37.2. The van der Waals surface area contributed by atoms with Gasteiger partial charge in [0.1, 0.15) is 54.2 Å². The number of aliphatic hydroxyl groups excluding tert-OH is 1. The maximum Gasteiger partial charge on any atom is 0.330 e. The van der Waals surface area contributed by atoms with Crippen molar-refractivity contribution in [1.29, 1.82) is 0 Å². The number of carboxylic acids is 1. The van der Waals surface area contributed by atoms with Crippen LogP contribution in [0, 0.1) is 5.92 Å². The first kappa shape index (κ1) is 48.1.